The molecule has 3 nitrogen and oxygen atoms in total. The molecule has 1 aromatic carbocycles. The van der Waals surface area contributed by atoms with Crippen LogP contribution in [0.25, 0.3) is 0 Å². The summed E-state index contributed by atoms with van der Waals surface area (Å²) < 4.78 is 5.56. The maximum Gasteiger partial charge on any atom is 0.339 e. The summed E-state index contributed by atoms with van der Waals surface area (Å²) in [6.45, 7) is 2.76. The molecule has 0 heterocycles. The van der Waals surface area contributed by atoms with Crippen LogP contribution in [0.15, 0.2) is 18.2 Å². The molecular weight excluding hydrogens is 288 g/mol. The van der Waals surface area contributed by atoms with E-state index in [4.69, 9.17) is 21.4 Å². The molecule has 0 aliphatic rings. The Morgan fingerprint density at radius 2 is 1.71 bits per heavy atom. The lowest BCUT2D eigenvalue weighted by Crippen LogP contribution is -2.04. The van der Waals surface area contributed by atoms with E-state index in [9.17, 15) is 4.79 Å². The van der Waals surface area contributed by atoms with Crippen LogP contribution >= 0.6 is 11.6 Å². The minimum Gasteiger partial charge on any atom is -0.493 e. The number of rotatable bonds is 11. The first-order valence-corrected chi connectivity index (χ1v) is 8.18. The summed E-state index contributed by atoms with van der Waals surface area (Å²) in [5, 5.41) is 9.57. The molecule has 118 valence electrons. The van der Waals surface area contributed by atoms with Crippen LogP contribution in [0.4, 0.5) is 0 Å². The molecule has 1 N–H and O–H groups in total. The van der Waals surface area contributed by atoms with E-state index in [1.807, 2.05) is 0 Å². The van der Waals surface area contributed by atoms with Gasteiger partial charge < -0.3 is 9.84 Å². The largest absolute Gasteiger partial charge is 0.493 e. The molecule has 0 bridgehead atoms. The van der Waals surface area contributed by atoms with Crippen molar-refractivity contribution < 1.29 is 14.6 Å². The number of benzene rings is 1. The zero-order valence-electron chi connectivity index (χ0n) is 12.7. The highest BCUT2D eigenvalue weighted by Crippen LogP contribution is 2.23. The van der Waals surface area contributed by atoms with E-state index in [0.717, 1.165) is 12.8 Å². The van der Waals surface area contributed by atoms with Crippen LogP contribution in [0, 0.1) is 0 Å². The fourth-order valence-electron chi connectivity index (χ4n) is 2.21. The number of hydrogen-bond acceptors (Lipinski definition) is 2. The average molecular weight is 313 g/mol. The van der Waals surface area contributed by atoms with E-state index in [-0.39, 0.29) is 5.56 Å². The van der Waals surface area contributed by atoms with Crippen LogP contribution < -0.4 is 4.74 Å². The molecule has 0 saturated heterocycles. The van der Waals surface area contributed by atoms with Crippen LogP contribution in [0.2, 0.25) is 5.02 Å². The Labute approximate surface area is 132 Å². The van der Waals surface area contributed by atoms with Gasteiger partial charge in [-0.05, 0) is 24.6 Å². The third-order valence-corrected chi connectivity index (χ3v) is 3.66. The van der Waals surface area contributed by atoms with E-state index < -0.39 is 5.97 Å². The van der Waals surface area contributed by atoms with Gasteiger partial charge in [-0.1, -0.05) is 63.5 Å². The summed E-state index contributed by atoms with van der Waals surface area (Å²) in [4.78, 5) is 11.1. The fourth-order valence-corrected chi connectivity index (χ4v) is 2.37. The Bertz CT molecular complexity index is 432. The molecule has 0 fully saturated rings. The number of carboxylic acid groups (broad SMARTS) is 1. The number of unbranched alkanes of at least 4 members (excludes halogenated alkanes) is 7. The van der Waals surface area contributed by atoms with Gasteiger partial charge in [0.25, 0.3) is 0 Å². The zero-order valence-corrected chi connectivity index (χ0v) is 13.5. The molecule has 0 spiro atoms. The van der Waals surface area contributed by atoms with E-state index in [2.05, 4.69) is 6.92 Å². The van der Waals surface area contributed by atoms with Crippen LogP contribution in [-0.4, -0.2) is 17.7 Å². The Morgan fingerprint density at radius 1 is 1.10 bits per heavy atom. The van der Waals surface area contributed by atoms with Crippen molar-refractivity contribution in [3.05, 3.63) is 28.8 Å². The number of halogens is 1. The first kappa shape index (κ1) is 17.8. The van der Waals surface area contributed by atoms with Crippen molar-refractivity contribution in [2.75, 3.05) is 6.61 Å². The van der Waals surface area contributed by atoms with E-state index >= 15 is 0 Å². The normalized spacial score (nSPS) is 10.6. The predicted octanol–water partition coefficient (Wildman–Crippen LogP) is 5.56. The minimum atomic E-state index is -0.988. The number of ether oxygens (including phenoxy) is 1. The van der Waals surface area contributed by atoms with Crippen molar-refractivity contribution in [3.8, 4) is 5.75 Å². The third kappa shape index (κ3) is 7.37. The topological polar surface area (TPSA) is 46.5 Å². The van der Waals surface area contributed by atoms with Crippen LogP contribution in [0.3, 0.4) is 0 Å². The second-order valence-corrected chi connectivity index (χ2v) is 5.71. The van der Waals surface area contributed by atoms with Gasteiger partial charge in [-0.15, -0.1) is 0 Å². The maximum atomic E-state index is 11.1. The van der Waals surface area contributed by atoms with E-state index in [0.29, 0.717) is 17.4 Å². The zero-order chi connectivity index (χ0) is 15.5. The van der Waals surface area contributed by atoms with Crippen LogP contribution in [0.5, 0.6) is 5.75 Å². The van der Waals surface area contributed by atoms with E-state index in [1.54, 1.807) is 12.1 Å². The highest BCUT2D eigenvalue weighted by molar-refractivity contribution is 6.30. The van der Waals surface area contributed by atoms with Gasteiger partial charge in [0.1, 0.15) is 11.3 Å². The molecule has 21 heavy (non-hydrogen) atoms. The van der Waals surface area contributed by atoms with E-state index in [1.165, 1.54) is 44.6 Å². The van der Waals surface area contributed by atoms with Gasteiger partial charge >= 0.3 is 5.97 Å². The molecule has 0 radical (unpaired) electrons. The number of carbonyl (C=O) groups is 1. The third-order valence-electron chi connectivity index (χ3n) is 3.43. The molecular formula is C17H25ClO3. The molecule has 4 heteroatoms. The standard InChI is InChI=1S/C17H25ClO3/c1-2-3-4-5-6-7-8-9-12-21-16-13-14(18)10-11-15(16)17(19)20/h10-11,13H,2-9,12H2,1H3,(H,19,20). The monoisotopic (exact) mass is 312 g/mol. The maximum absolute atomic E-state index is 11.1. The lowest BCUT2D eigenvalue weighted by molar-refractivity contribution is 0.0692. The Hall–Kier alpha value is -1.22. The van der Waals surface area contributed by atoms with Crippen molar-refractivity contribution >= 4 is 17.6 Å². The Morgan fingerprint density at radius 3 is 2.33 bits per heavy atom. The van der Waals surface area contributed by atoms with Crippen molar-refractivity contribution in [2.45, 2.75) is 58.3 Å². The van der Waals surface area contributed by atoms with Gasteiger partial charge in [-0.3, -0.25) is 0 Å². The fraction of sp³-hybridized carbons (Fsp3) is 0.588. The summed E-state index contributed by atoms with van der Waals surface area (Å²) in [5.74, 6) is -0.629. The molecule has 0 aromatic heterocycles. The van der Waals surface area contributed by atoms with Gasteiger partial charge in [0.05, 0.1) is 6.61 Å². The molecule has 0 saturated carbocycles. The average Bonchev–Trinajstić information content (AvgIpc) is 2.45. The molecule has 1 rings (SSSR count). The molecule has 0 aliphatic carbocycles. The summed E-state index contributed by atoms with van der Waals surface area (Å²) in [5.41, 5.74) is 0.166. The molecule has 0 atom stereocenters. The van der Waals surface area contributed by atoms with Crippen molar-refractivity contribution in [1.29, 1.82) is 0 Å². The quantitative estimate of drug-likeness (QED) is 0.544. The summed E-state index contributed by atoms with van der Waals surface area (Å²) >= 11 is 5.87. The summed E-state index contributed by atoms with van der Waals surface area (Å²) in [6, 6.07) is 4.61. The molecule has 0 aliphatic heterocycles. The second kappa shape index (κ2) is 10.5. The van der Waals surface area contributed by atoms with Gasteiger partial charge in [0.2, 0.25) is 0 Å². The Balaban J connectivity index is 2.21. The Kier molecular flexibility index (Phi) is 8.91. The highest BCUT2D eigenvalue weighted by Gasteiger charge is 2.11. The number of hydrogen-bond donors (Lipinski definition) is 1. The summed E-state index contributed by atoms with van der Waals surface area (Å²) in [6.07, 6.45) is 9.80. The highest BCUT2D eigenvalue weighted by atomic mass is 35.5. The SMILES string of the molecule is CCCCCCCCCCOc1cc(Cl)ccc1C(=O)O. The smallest absolute Gasteiger partial charge is 0.339 e. The predicted molar refractivity (Wildman–Crippen MR) is 86.5 cm³/mol. The lowest BCUT2D eigenvalue weighted by atomic mass is 10.1. The number of carboxylic acids is 1. The van der Waals surface area contributed by atoms with Gasteiger partial charge in [-0.25, -0.2) is 4.79 Å². The van der Waals surface area contributed by atoms with Crippen LogP contribution in [0.1, 0.15) is 68.6 Å². The molecule has 0 unspecified atom stereocenters. The van der Waals surface area contributed by atoms with Gasteiger partial charge in [-0.2, -0.15) is 0 Å². The van der Waals surface area contributed by atoms with Crippen LogP contribution in [-0.2, 0) is 0 Å². The molecule has 1 aromatic rings. The van der Waals surface area contributed by atoms with Crippen molar-refractivity contribution in [3.63, 3.8) is 0 Å². The second-order valence-electron chi connectivity index (χ2n) is 5.27. The molecule has 0 amide bonds. The first-order valence-electron chi connectivity index (χ1n) is 7.80. The number of aromatic carboxylic acids is 1. The lowest BCUT2D eigenvalue weighted by Gasteiger charge is -2.09. The minimum absolute atomic E-state index is 0.166. The van der Waals surface area contributed by atoms with Gasteiger partial charge in [0.15, 0.2) is 0 Å². The summed E-state index contributed by atoms with van der Waals surface area (Å²) in [7, 11) is 0. The van der Waals surface area contributed by atoms with Gasteiger partial charge in [0, 0.05) is 5.02 Å². The first-order chi connectivity index (χ1) is 10.1. The van der Waals surface area contributed by atoms with Crippen molar-refractivity contribution in [2.24, 2.45) is 0 Å². The van der Waals surface area contributed by atoms with Crippen molar-refractivity contribution in [1.82, 2.24) is 0 Å².